The molecule has 0 bridgehead atoms. The predicted octanol–water partition coefficient (Wildman–Crippen LogP) is 3.54. The molecule has 0 aliphatic carbocycles. The number of halogens is 2. The van der Waals surface area contributed by atoms with Crippen LogP contribution in [0.4, 0.5) is 11.4 Å². The first kappa shape index (κ1) is 18.4. The van der Waals surface area contributed by atoms with E-state index in [2.05, 4.69) is 4.98 Å². The van der Waals surface area contributed by atoms with Gasteiger partial charge in [0.25, 0.3) is 11.4 Å². The summed E-state index contributed by atoms with van der Waals surface area (Å²) in [6.45, 7) is 0. The maximum atomic E-state index is 10.9. The van der Waals surface area contributed by atoms with E-state index < -0.39 is 10.7 Å². The van der Waals surface area contributed by atoms with Gasteiger partial charge in [-0.3, -0.25) is 20.2 Å². The molecule has 10 heteroatoms. The molecule has 128 valence electrons. The fraction of sp³-hybridized carbons (Fsp3) is 0. The molecule has 0 amide bonds. The summed E-state index contributed by atoms with van der Waals surface area (Å²) >= 11 is 10.7. The maximum Gasteiger partial charge on any atom is 0.277 e. The summed E-state index contributed by atoms with van der Waals surface area (Å²) in [7, 11) is 0. The lowest BCUT2D eigenvalue weighted by atomic mass is 10.1. The number of benzene rings is 2. The molecule has 2 aromatic carbocycles. The molecule has 0 unspecified atom stereocenters. The van der Waals surface area contributed by atoms with E-state index in [0.29, 0.717) is 5.39 Å². The van der Waals surface area contributed by atoms with E-state index in [0.717, 1.165) is 17.5 Å². The van der Waals surface area contributed by atoms with Crippen molar-refractivity contribution in [3.05, 3.63) is 79.1 Å². The first-order valence-electron chi connectivity index (χ1n) is 6.65. The van der Waals surface area contributed by atoms with Gasteiger partial charge in [0.1, 0.15) is 0 Å². The Kier molecular flexibility index (Phi) is 5.68. The lowest BCUT2D eigenvalue weighted by molar-refractivity contribution is -0.385. The molecule has 0 saturated carbocycles. The van der Waals surface area contributed by atoms with E-state index in [-0.39, 0.29) is 26.3 Å². The molecule has 25 heavy (non-hydrogen) atoms. The van der Waals surface area contributed by atoms with E-state index in [9.17, 15) is 25.3 Å². The van der Waals surface area contributed by atoms with Crippen LogP contribution in [0.1, 0.15) is 0 Å². The van der Waals surface area contributed by atoms with E-state index in [1.165, 1.54) is 6.07 Å². The van der Waals surface area contributed by atoms with Gasteiger partial charge >= 0.3 is 0 Å². The van der Waals surface area contributed by atoms with Crippen molar-refractivity contribution in [1.82, 2.24) is 0 Å². The van der Waals surface area contributed by atoms with E-state index in [1.807, 2.05) is 6.07 Å². The zero-order valence-electron chi connectivity index (χ0n) is 12.3. The van der Waals surface area contributed by atoms with Crippen LogP contribution in [0, 0.1) is 20.2 Å². The van der Waals surface area contributed by atoms with E-state index in [4.69, 9.17) is 23.2 Å². The van der Waals surface area contributed by atoms with Crippen LogP contribution in [0.5, 0.6) is 5.75 Å². The van der Waals surface area contributed by atoms with Crippen LogP contribution in [0.15, 0.2) is 48.8 Å². The molecule has 8 nitrogen and oxygen atoms in total. The normalized spacial score (nSPS) is 10.0. The largest absolute Gasteiger partial charge is 0.870 e. The molecular formula is C15H9Cl2N3O5. The molecule has 0 radical (unpaired) electrons. The second-order valence-corrected chi connectivity index (χ2v) is 5.49. The van der Waals surface area contributed by atoms with Crippen molar-refractivity contribution < 1.29 is 19.9 Å². The average Bonchev–Trinajstić information content (AvgIpc) is 2.59. The highest BCUT2D eigenvalue weighted by Gasteiger charge is 2.11. The van der Waals surface area contributed by atoms with Crippen molar-refractivity contribution >= 4 is 45.3 Å². The molecule has 1 aromatic heterocycles. The second-order valence-electron chi connectivity index (χ2n) is 4.68. The third kappa shape index (κ3) is 4.31. The van der Waals surface area contributed by atoms with E-state index in [1.54, 1.807) is 24.5 Å². The second kappa shape index (κ2) is 7.73. The number of nitro groups is 2. The summed E-state index contributed by atoms with van der Waals surface area (Å²) in [5, 5.41) is 32.7. The molecule has 0 spiro atoms. The minimum absolute atomic E-state index is 0.145. The first-order chi connectivity index (χ1) is 11.8. The fourth-order valence-corrected chi connectivity index (χ4v) is 2.43. The standard InChI is InChI=1S/C9H6N2O2.C6H3Cl2NO3/c12-11(13)9-3-1-2-7-6-10-5-4-8(7)9;7-4-1-3(9(11)12)2-5(8)6(4)10/h1-6H;1-2,10H. The number of nitro benzene ring substituents is 2. The highest BCUT2D eigenvalue weighted by molar-refractivity contribution is 6.37. The number of hydrogen-bond acceptors (Lipinski definition) is 5. The minimum Gasteiger partial charge on any atom is -0.870 e. The number of fused-ring (bicyclic) bond motifs is 1. The third-order valence-corrected chi connectivity index (χ3v) is 3.65. The smallest absolute Gasteiger partial charge is 0.277 e. The number of hydrogen-bond donors (Lipinski definition) is 0. The monoisotopic (exact) mass is 381 g/mol. The van der Waals surface area contributed by atoms with E-state index >= 15 is 0 Å². The molecule has 0 atom stereocenters. The van der Waals surface area contributed by atoms with Crippen molar-refractivity contribution in [3.63, 3.8) is 0 Å². The van der Waals surface area contributed by atoms with Crippen LogP contribution in [0.25, 0.3) is 10.8 Å². The Morgan fingerprint density at radius 2 is 1.60 bits per heavy atom. The van der Waals surface area contributed by atoms with Gasteiger partial charge < -0.3 is 5.11 Å². The lowest BCUT2D eigenvalue weighted by Crippen LogP contribution is -1.98. The van der Waals surface area contributed by atoms with Gasteiger partial charge in [-0.25, -0.2) is 4.98 Å². The van der Waals surface area contributed by atoms with Gasteiger partial charge in [-0.15, -0.1) is 0 Å². The van der Waals surface area contributed by atoms with Crippen molar-refractivity contribution in [3.8, 4) is 5.75 Å². The summed E-state index contributed by atoms with van der Waals surface area (Å²) in [6.07, 6.45) is 3.41. The van der Waals surface area contributed by atoms with Crippen LogP contribution in [-0.4, -0.2) is 9.85 Å². The number of pyridine rings is 1. The molecule has 0 saturated heterocycles. The van der Waals surface area contributed by atoms with Crippen molar-refractivity contribution in [1.29, 1.82) is 0 Å². The number of H-pyrrole nitrogens is 1. The molecule has 0 aliphatic heterocycles. The number of aromatic nitrogens is 1. The fourth-order valence-electron chi connectivity index (χ4n) is 1.96. The summed E-state index contributed by atoms with van der Waals surface area (Å²) in [5.41, 5.74) is -0.142. The van der Waals surface area contributed by atoms with Crippen molar-refractivity contribution in [2.75, 3.05) is 0 Å². The summed E-state index contributed by atoms with van der Waals surface area (Å²) < 4.78 is 0. The van der Waals surface area contributed by atoms with Crippen LogP contribution in [0.2, 0.25) is 10.0 Å². The summed E-state index contributed by atoms with van der Waals surface area (Å²) in [4.78, 5) is 22.6. The first-order valence-corrected chi connectivity index (χ1v) is 7.40. The van der Waals surface area contributed by atoms with Gasteiger partial charge in [-0.05, 0) is 6.07 Å². The molecule has 1 heterocycles. The lowest BCUT2D eigenvalue weighted by Gasteiger charge is -2.09. The average molecular weight is 382 g/mol. The van der Waals surface area contributed by atoms with Gasteiger partial charge in [0.15, 0.2) is 12.4 Å². The zero-order chi connectivity index (χ0) is 18.6. The van der Waals surface area contributed by atoms with Gasteiger partial charge in [0, 0.05) is 34.3 Å². The predicted molar refractivity (Wildman–Crippen MR) is 89.7 cm³/mol. The molecule has 1 N–H and O–H groups in total. The molecule has 0 fully saturated rings. The van der Waals surface area contributed by atoms with Gasteiger partial charge in [-0.1, -0.05) is 35.0 Å². The highest BCUT2D eigenvalue weighted by atomic mass is 35.5. The van der Waals surface area contributed by atoms with Crippen LogP contribution < -0.4 is 10.1 Å². The summed E-state index contributed by atoms with van der Waals surface area (Å²) in [6, 6.07) is 8.65. The molecule has 3 aromatic rings. The zero-order valence-corrected chi connectivity index (χ0v) is 13.8. The number of rotatable bonds is 2. The third-order valence-electron chi connectivity index (χ3n) is 3.09. The van der Waals surface area contributed by atoms with Crippen LogP contribution in [0.3, 0.4) is 0 Å². The highest BCUT2D eigenvalue weighted by Crippen LogP contribution is 2.33. The Hall–Kier alpha value is -2.97. The number of aromatic amines is 1. The van der Waals surface area contributed by atoms with Gasteiger partial charge in [0.05, 0.1) is 20.6 Å². The molecular weight excluding hydrogens is 373 g/mol. The molecule has 0 aliphatic rings. The SMILES string of the molecule is O=[N+]([O-])c1cc(Cl)c([O-])c(Cl)c1.O=[N+]([O-])c1cccc2c[nH+]ccc12. The Morgan fingerprint density at radius 1 is 0.960 bits per heavy atom. The quantitative estimate of drug-likeness (QED) is 0.495. The Morgan fingerprint density at radius 3 is 2.16 bits per heavy atom. The minimum atomic E-state index is -0.669. The maximum absolute atomic E-state index is 10.9. The molecule has 3 rings (SSSR count). The number of nitrogens with one attached hydrogen (secondary N) is 1. The van der Waals surface area contributed by atoms with Gasteiger partial charge in [0.2, 0.25) is 0 Å². The summed E-state index contributed by atoms with van der Waals surface area (Å²) in [5.74, 6) is -0.594. The Balaban J connectivity index is 0.000000181. The van der Waals surface area contributed by atoms with Crippen molar-refractivity contribution in [2.45, 2.75) is 0 Å². The van der Waals surface area contributed by atoms with Crippen molar-refractivity contribution in [2.24, 2.45) is 0 Å². The topological polar surface area (TPSA) is 123 Å². The number of non-ortho nitro benzene ring substituents is 2. The number of nitrogens with zero attached hydrogens (tertiary/aromatic N) is 2. The van der Waals surface area contributed by atoms with Crippen LogP contribution in [-0.2, 0) is 0 Å². The van der Waals surface area contributed by atoms with Crippen LogP contribution >= 0.6 is 23.2 Å². The van der Waals surface area contributed by atoms with Gasteiger partial charge in [-0.2, -0.15) is 0 Å². The Bertz CT molecular complexity index is 937. The Labute approximate surface area is 150 Å².